The molecule has 0 amide bonds. The minimum Gasteiger partial charge on any atom is -0.496 e. The molecule has 0 spiro atoms. The lowest BCUT2D eigenvalue weighted by atomic mass is 9.86. The van der Waals surface area contributed by atoms with Gasteiger partial charge in [0, 0.05) is 12.3 Å². The molecule has 2 aliphatic heterocycles. The molecule has 4 nitrogen and oxygen atoms in total. The van der Waals surface area contributed by atoms with Gasteiger partial charge in [0.05, 0.1) is 19.3 Å². The average molecular weight is 246 g/mol. The van der Waals surface area contributed by atoms with Crippen molar-refractivity contribution >= 4 is 0 Å². The molecule has 0 fully saturated rings. The van der Waals surface area contributed by atoms with Crippen LogP contribution >= 0.6 is 0 Å². The monoisotopic (exact) mass is 246 g/mol. The predicted octanol–water partition coefficient (Wildman–Crippen LogP) is 1.69. The fourth-order valence-electron chi connectivity index (χ4n) is 2.77. The lowest BCUT2D eigenvalue weighted by Gasteiger charge is -2.32. The van der Waals surface area contributed by atoms with Crippen LogP contribution in [0, 0.1) is 0 Å². The molecule has 2 aliphatic rings. The maximum atomic E-state index is 5.73. The number of benzene rings is 1. The van der Waals surface area contributed by atoms with E-state index < -0.39 is 0 Å². The summed E-state index contributed by atoms with van der Waals surface area (Å²) < 4.78 is 11.3. The summed E-state index contributed by atoms with van der Waals surface area (Å²) in [6, 6.07) is 8.20. The van der Waals surface area contributed by atoms with Gasteiger partial charge in [-0.3, -0.25) is 5.84 Å². The summed E-state index contributed by atoms with van der Waals surface area (Å²) in [5.41, 5.74) is 4.12. The minimum absolute atomic E-state index is 0.0394. The first-order valence-electron chi connectivity index (χ1n) is 6.41. The van der Waals surface area contributed by atoms with E-state index >= 15 is 0 Å². The Morgan fingerprint density at radius 2 is 2.11 bits per heavy atom. The van der Waals surface area contributed by atoms with E-state index in [1.54, 1.807) is 0 Å². The smallest absolute Gasteiger partial charge is 0.122 e. The zero-order valence-corrected chi connectivity index (χ0v) is 10.3. The summed E-state index contributed by atoms with van der Waals surface area (Å²) in [6.45, 7) is 1.49. The van der Waals surface area contributed by atoms with E-state index in [1.807, 2.05) is 18.2 Å². The molecule has 0 saturated carbocycles. The first kappa shape index (κ1) is 11.6. The lowest BCUT2D eigenvalue weighted by Crippen LogP contribution is -2.43. The molecule has 18 heavy (non-hydrogen) atoms. The van der Waals surface area contributed by atoms with Crippen molar-refractivity contribution in [3.63, 3.8) is 0 Å². The molecule has 0 saturated heterocycles. The Balaban J connectivity index is 1.92. The van der Waals surface area contributed by atoms with E-state index in [0.29, 0.717) is 5.92 Å². The van der Waals surface area contributed by atoms with Gasteiger partial charge in [0.2, 0.25) is 0 Å². The molecule has 1 aromatic rings. The van der Waals surface area contributed by atoms with Crippen molar-refractivity contribution in [2.45, 2.75) is 24.8 Å². The summed E-state index contributed by atoms with van der Waals surface area (Å²) in [7, 11) is 0. The predicted molar refractivity (Wildman–Crippen MR) is 69.1 cm³/mol. The largest absolute Gasteiger partial charge is 0.496 e. The fourth-order valence-corrected chi connectivity index (χ4v) is 2.77. The van der Waals surface area contributed by atoms with E-state index in [-0.39, 0.29) is 6.04 Å². The molecule has 3 rings (SSSR count). The van der Waals surface area contributed by atoms with Crippen LogP contribution in [-0.2, 0) is 4.74 Å². The number of nitrogens with one attached hydrogen (secondary N) is 1. The molecular weight excluding hydrogens is 228 g/mol. The molecular formula is C14H18N2O2. The van der Waals surface area contributed by atoms with E-state index in [1.165, 1.54) is 5.56 Å². The standard InChI is InChI=1S/C14H18N2O2/c15-16-14(13-6-3-8-17-13)11-7-9-18-12-5-2-1-4-10(11)12/h1-2,4-6,11,14,16H,3,7-9,15H2. The van der Waals surface area contributed by atoms with Crippen LogP contribution in [-0.4, -0.2) is 19.3 Å². The van der Waals surface area contributed by atoms with Crippen LogP contribution in [0.1, 0.15) is 24.3 Å². The first-order chi connectivity index (χ1) is 8.90. The van der Waals surface area contributed by atoms with Crippen LogP contribution in [0.5, 0.6) is 5.75 Å². The van der Waals surface area contributed by atoms with Crippen molar-refractivity contribution in [1.29, 1.82) is 0 Å². The molecule has 0 radical (unpaired) electrons. The minimum atomic E-state index is 0.0394. The summed E-state index contributed by atoms with van der Waals surface area (Å²) in [5, 5.41) is 0. The van der Waals surface area contributed by atoms with Gasteiger partial charge in [-0.05, 0) is 24.1 Å². The van der Waals surface area contributed by atoms with E-state index in [0.717, 1.165) is 37.6 Å². The summed E-state index contributed by atoms with van der Waals surface area (Å²) in [5.74, 6) is 7.98. The molecule has 0 aliphatic carbocycles. The highest BCUT2D eigenvalue weighted by molar-refractivity contribution is 5.40. The summed E-state index contributed by atoms with van der Waals surface area (Å²) >= 11 is 0. The van der Waals surface area contributed by atoms with Crippen LogP contribution in [0.2, 0.25) is 0 Å². The molecule has 3 N–H and O–H groups in total. The van der Waals surface area contributed by atoms with Crippen molar-refractivity contribution in [3.8, 4) is 5.75 Å². The molecule has 4 heteroatoms. The van der Waals surface area contributed by atoms with Gasteiger partial charge in [0.1, 0.15) is 11.5 Å². The molecule has 0 bridgehead atoms. The van der Waals surface area contributed by atoms with Gasteiger partial charge in [-0.25, -0.2) is 5.43 Å². The third-order valence-electron chi connectivity index (χ3n) is 3.63. The molecule has 0 aromatic heterocycles. The zero-order chi connectivity index (χ0) is 12.4. The zero-order valence-electron chi connectivity index (χ0n) is 10.3. The van der Waals surface area contributed by atoms with E-state index in [4.69, 9.17) is 15.3 Å². The van der Waals surface area contributed by atoms with Crippen molar-refractivity contribution in [3.05, 3.63) is 41.7 Å². The van der Waals surface area contributed by atoms with Crippen LogP contribution < -0.4 is 16.0 Å². The van der Waals surface area contributed by atoms with Crippen molar-refractivity contribution in [2.24, 2.45) is 5.84 Å². The Kier molecular flexibility index (Phi) is 3.21. The van der Waals surface area contributed by atoms with Crippen LogP contribution in [0.15, 0.2) is 36.1 Å². The Bertz CT molecular complexity index is 459. The Morgan fingerprint density at radius 1 is 1.22 bits per heavy atom. The normalized spacial score (nSPS) is 23.6. The molecule has 2 unspecified atom stereocenters. The Hall–Kier alpha value is -1.52. The first-order valence-corrected chi connectivity index (χ1v) is 6.41. The van der Waals surface area contributed by atoms with Crippen molar-refractivity contribution < 1.29 is 9.47 Å². The van der Waals surface area contributed by atoms with Gasteiger partial charge in [-0.15, -0.1) is 0 Å². The topological polar surface area (TPSA) is 56.5 Å². The van der Waals surface area contributed by atoms with Crippen LogP contribution in [0.25, 0.3) is 0 Å². The number of hydrazine groups is 1. The van der Waals surface area contributed by atoms with Gasteiger partial charge in [-0.1, -0.05) is 18.2 Å². The average Bonchev–Trinajstić information content (AvgIpc) is 2.94. The van der Waals surface area contributed by atoms with E-state index in [9.17, 15) is 0 Å². The van der Waals surface area contributed by atoms with Gasteiger partial charge in [0.25, 0.3) is 0 Å². The van der Waals surface area contributed by atoms with Crippen LogP contribution in [0.4, 0.5) is 0 Å². The second kappa shape index (κ2) is 5.00. The van der Waals surface area contributed by atoms with Gasteiger partial charge >= 0.3 is 0 Å². The highest BCUT2D eigenvalue weighted by atomic mass is 16.5. The summed E-state index contributed by atoms with van der Waals surface area (Å²) in [4.78, 5) is 0. The maximum Gasteiger partial charge on any atom is 0.122 e. The quantitative estimate of drug-likeness (QED) is 0.629. The second-order valence-electron chi connectivity index (χ2n) is 4.67. The number of nitrogens with two attached hydrogens (primary N) is 1. The van der Waals surface area contributed by atoms with Gasteiger partial charge < -0.3 is 9.47 Å². The molecule has 2 heterocycles. The SMILES string of the molecule is NNC(C1=CCCO1)C1CCOc2ccccc21. The van der Waals surface area contributed by atoms with Crippen LogP contribution in [0.3, 0.4) is 0 Å². The fraction of sp³-hybridized carbons (Fsp3) is 0.429. The number of rotatable bonds is 3. The number of hydrogen-bond donors (Lipinski definition) is 2. The maximum absolute atomic E-state index is 5.73. The Labute approximate surface area is 107 Å². The van der Waals surface area contributed by atoms with E-state index in [2.05, 4.69) is 17.6 Å². The van der Waals surface area contributed by atoms with Gasteiger partial charge in [-0.2, -0.15) is 0 Å². The lowest BCUT2D eigenvalue weighted by molar-refractivity contribution is 0.187. The van der Waals surface area contributed by atoms with Gasteiger partial charge in [0.15, 0.2) is 0 Å². The number of fused-ring (bicyclic) bond motifs is 1. The summed E-state index contributed by atoms with van der Waals surface area (Å²) in [6.07, 6.45) is 4.05. The van der Waals surface area contributed by atoms with Crippen molar-refractivity contribution in [1.82, 2.24) is 5.43 Å². The highest BCUT2D eigenvalue weighted by Crippen LogP contribution is 2.38. The highest BCUT2D eigenvalue weighted by Gasteiger charge is 2.32. The third-order valence-corrected chi connectivity index (χ3v) is 3.63. The molecule has 1 aromatic carbocycles. The van der Waals surface area contributed by atoms with Crippen molar-refractivity contribution in [2.75, 3.05) is 13.2 Å². The number of ether oxygens (including phenoxy) is 2. The molecule has 96 valence electrons. The number of hydrogen-bond acceptors (Lipinski definition) is 4. The number of para-hydroxylation sites is 1. The Morgan fingerprint density at radius 3 is 2.89 bits per heavy atom. The molecule has 2 atom stereocenters. The third kappa shape index (κ3) is 1.98. The second-order valence-corrected chi connectivity index (χ2v) is 4.67.